The Balaban J connectivity index is 0.00000162. The highest BCUT2D eigenvalue weighted by Crippen LogP contribution is 2.27. The number of aliphatic hydroxyl groups excluding tert-OH is 1. The summed E-state index contributed by atoms with van der Waals surface area (Å²) < 4.78 is 0. The molecule has 0 aromatic heterocycles. The standard InChI is InChI=1S/C15H23NO.H2/c1-10-8-11(2)15(12(3)9-10)16-13-6-4-5-7-14(13)17;/h8-9,13-14,16-17H,4-7H2,1-3H3;1H. The Labute approximate surface area is 106 Å². The maximum atomic E-state index is 10.0. The van der Waals surface area contributed by atoms with Crippen molar-refractivity contribution >= 4 is 5.69 Å². The lowest BCUT2D eigenvalue weighted by Crippen LogP contribution is -2.36. The summed E-state index contributed by atoms with van der Waals surface area (Å²) in [5, 5.41) is 13.5. The first-order chi connectivity index (χ1) is 8.08. The molecule has 17 heavy (non-hydrogen) atoms. The van der Waals surface area contributed by atoms with Gasteiger partial charge in [-0.25, -0.2) is 0 Å². The second kappa shape index (κ2) is 5.09. The summed E-state index contributed by atoms with van der Waals surface area (Å²) in [7, 11) is 0. The van der Waals surface area contributed by atoms with Gasteiger partial charge in [-0.2, -0.15) is 0 Å². The van der Waals surface area contributed by atoms with Crippen LogP contribution in [0.2, 0.25) is 0 Å². The van der Waals surface area contributed by atoms with Crippen molar-refractivity contribution in [2.45, 2.75) is 58.6 Å². The third kappa shape index (κ3) is 2.81. The molecule has 0 radical (unpaired) electrons. The normalized spacial score (nSPS) is 24.7. The van der Waals surface area contributed by atoms with E-state index in [2.05, 4.69) is 38.2 Å². The molecule has 2 atom stereocenters. The molecule has 1 aromatic rings. The predicted octanol–water partition coefficient (Wildman–Crippen LogP) is 3.57. The molecule has 1 aliphatic rings. The van der Waals surface area contributed by atoms with E-state index >= 15 is 0 Å². The van der Waals surface area contributed by atoms with Crippen LogP contribution in [0, 0.1) is 20.8 Å². The zero-order chi connectivity index (χ0) is 12.4. The van der Waals surface area contributed by atoms with Crippen LogP contribution in [-0.2, 0) is 0 Å². The van der Waals surface area contributed by atoms with Gasteiger partial charge in [0.1, 0.15) is 0 Å². The van der Waals surface area contributed by atoms with E-state index in [-0.39, 0.29) is 13.6 Å². The quantitative estimate of drug-likeness (QED) is 0.821. The van der Waals surface area contributed by atoms with Crippen LogP contribution in [0.25, 0.3) is 0 Å². The molecule has 2 nitrogen and oxygen atoms in total. The zero-order valence-corrected chi connectivity index (χ0v) is 11.1. The maximum absolute atomic E-state index is 10.0. The number of rotatable bonds is 2. The van der Waals surface area contributed by atoms with Gasteiger partial charge in [0, 0.05) is 7.11 Å². The van der Waals surface area contributed by atoms with E-state index < -0.39 is 0 Å². The first-order valence-electron chi connectivity index (χ1n) is 6.60. The van der Waals surface area contributed by atoms with Crippen LogP contribution >= 0.6 is 0 Å². The van der Waals surface area contributed by atoms with Crippen molar-refractivity contribution in [2.75, 3.05) is 5.32 Å². The molecule has 0 saturated heterocycles. The summed E-state index contributed by atoms with van der Waals surface area (Å²) in [6, 6.07) is 4.62. The summed E-state index contributed by atoms with van der Waals surface area (Å²) in [6.45, 7) is 6.40. The number of nitrogens with one attached hydrogen (secondary N) is 1. The minimum Gasteiger partial charge on any atom is -0.391 e. The Morgan fingerprint density at radius 1 is 1.12 bits per heavy atom. The number of anilines is 1. The van der Waals surface area contributed by atoms with E-state index in [4.69, 9.17) is 0 Å². The van der Waals surface area contributed by atoms with Gasteiger partial charge in [-0.1, -0.05) is 30.5 Å². The lowest BCUT2D eigenvalue weighted by molar-refractivity contribution is 0.116. The molecule has 0 aliphatic heterocycles. The molecule has 0 heterocycles. The molecule has 1 saturated carbocycles. The average molecular weight is 235 g/mol. The molecule has 2 rings (SSSR count). The molecule has 1 aromatic carbocycles. The van der Waals surface area contributed by atoms with Gasteiger partial charge in [0.15, 0.2) is 0 Å². The minimum atomic E-state index is -0.191. The fraction of sp³-hybridized carbons (Fsp3) is 0.600. The van der Waals surface area contributed by atoms with Crippen molar-refractivity contribution in [3.63, 3.8) is 0 Å². The number of aliphatic hydroxyl groups is 1. The topological polar surface area (TPSA) is 32.3 Å². The summed E-state index contributed by atoms with van der Waals surface area (Å²) in [5.74, 6) is 0. The van der Waals surface area contributed by atoms with Gasteiger partial charge in [0.2, 0.25) is 0 Å². The van der Waals surface area contributed by atoms with E-state index in [0.717, 1.165) is 19.3 Å². The van der Waals surface area contributed by atoms with Gasteiger partial charge >= 0.3 is 0 Å². The second-order valence-corrected chi connectivity index (χ2v) is 5.38. The fourth-order valence-electron chi connectivity index (χ4n) is 2.87. The van der Waals surface area contributed by atoms with Crippen molar-refractivity contribution < 1.29 is 6.53 Å². The van der Waals surface area contributed by atoms with Gasteiger partial charge < -0.3 is 10.4 Å². The van der Waals surface area contributed by atoms with Crippen LogP contribution in [0.3, 0.4) is 0 Å². The number of hydrogen-bond donors (Lipinski definition) is 2. The molecule has 0 amide bonds. The molecule has 96 valence electrons. The molecule has 2 unspecified atom stereocenters. The Bertz CT molecular complexity index is 382. The lowest BCUT2D eigenvalue weighted by Gasteiger charge is -2.30. The minimum absolute atomic E-state index is 0. The van der Waals surface area contributed by atoms with E-state index in [1.54, 1.807) is 0 Å². The first-order valence-corrected chi connectivity index (χ1v) is 6.60. The molecule has 2 N–H and O–H groups in total. The van der Waals surface area contributed by atoms with E-state index in [1.807, 2.05) is 0 Å². The fourth-order valence-corrected chi connectivity index (χ4v) is 2.87. The van der Waals surface area contributed by atoms with Crippen molar-refractivity contribution in [3.8, 4) is 0 Å². The third-order valence-corrected chi connectivity index (χ3v) is 3.74. The number of aryl methyl sites for hydroxylation is 3. The van der Waals surface area contributed by atoms with Crippen molar-refractivity contribution in [3.05, 3.63) is 28.8 Å². The Kier molecular flexibility index (Phi) is 3.72. The van der Waals surface area contributed by atoms with Crippen molar-refractivity contribution in [2.24, 2.45) is 0 Å². The highest BCUT2D eigenvalue weighted by molar-refractivity contribution is 5.58. The molecule has 2 heteroatoms. The van der Waals surface area contributed by atoms with Gasteiger partial charge in [0.25, 0.3) is 0 Å². The number of hydrogen-bond acceptors (Lipinski definition) is 2. The van der Waals surface area contributed by atoms with Crippen LogP contribution in [0.15, 0.2) is 12.1 Å². The van der Waals surface area contributed by atoms with Crippen molar-refractivity contribution in [1.29, 1.82) is 0 Å². The maximum Gasteiger partial charge on any atom is 0.0741 e. The Morgan fingerprint density at radius 2 is 1.71 bits per heavy atom. The second-order valence-electron chi connectivity index (χ2n) is 5.38. The van der Waals surface area contributed by atoms with Crippen LogP contribution in [0.4, 0.5) is 5.69 Å². The third-order valence-electron chi connectivity index (χ3n) is 3.74. The summed E-state index contributed by atoms with van der Waals surface area (Å²) in [4.78, 5) is 0. The van der Waals surface area contributed by atoms with Crippen molar-refractivity contribution in [1.82, 2.24) is 0 Å². The zero-order valence-electron chi connectivity index (χ0n) is 11.1. The molecule has 0 bridgehead atoms. The molecule has 1 aliphatic carbocycles. The van der Waals surface area contributed by atoms with E-state index in [9.17, 15) is 5.11 Å². The smallest absolute Gasteiger partial charge is 0.0741 e. The molecular weight excluding hydrogens is 210 g/mol. The summed E-state index contributed by atoms with van der Waals surface area (Å²) in [5.41, 5.74) is 5.07. The first kappa shape index (κ1) is 12.4. The average Bonchev–Trinajstić information content (AvgIpc) is 2.25. The van der Waals surface area contributed by atoms with E-state index in [1.165, 1.54) is 28.8 Å². The van der Waals surface area contributed by atoms with Gasteiger partial charge in [-0.3, -0.25) is 0 Å². The van der Waals surface area contributed by atoms with Crippen LogP contribution in [-0.4, -0.2) is 17.3 Å². The molecule has 0 spiro atoms. The highest BCUT2D eigenvalue weighted by atomic mass is 16.3. The lowest BCUT2D eigenvalue weighted by atomic mass is 9.91. The Morgan fingerprint density at radius 3 is 2.29 bits per heavy atom. The van der Waals surface area contributed by atoms with Crippen LogP contribution in [0.1, 0.15) is 43.8 Å². The largest absolute Gasteiger partial charge is 0.391 e. The predicted molar refractivity (Wildman–Crippen MR) is 74.7 cm³/mol. The highest BCUT2D eigenvalue weighted by Gasteiger charge is 2.23. The van der Waals surface area contributed by atoms with Gasteiger partial charge in [0.05, 0.1) is 12.1 Å². The van der Waals surface area contributed by atoms with Gasteiger partial charge in [-0.05, 0) is 44.7 Å². The molecule has 1 fully saturated rings. The summed E-state index contributed by atoms with van der Waals surface area (Å²) >= 11 is 0. The summed E-state index contributed by atoms with van der Waals surface area (Å²) in [6.07, 6.45) is 4.20. The van der Waals surface area contributed by atoms with Crippen LogP contribution in [0.5, 0.6) is 0 Å². The SMILES string of the molecule is Cc1cc(C)c(NC2CCCCC2O)c(C)c1.[HH]. The molecular formula is C15H25NO. The van der Waals surface area contributed by atoms with Gasteiger partial charge in [-0.15, -0.1) is 0 Å². The van der Waals surface area contributed by atoms with E-state index in [0.29, 0.717) is 0 Å². The Hall–Kier alpha value is -1.02. The monoisotopic (exact) mass is 235 g/mol. The van der Waals surface area contributed by atoms with Crippen LogP contribution < -0.4 is 5.32 Å². The number of benzene rings is 1.